The van der Waals surface area contributed by atoms with Crippen LogP contribution in [0.5, 0.6) is 0 Å². The molecule has 0 saturated heterocycles. The predicted molar refractivity (Wildman–Crippen MR) is 58.4 cm³/mol. The summed E-state index contributed by atoms with van der Waals surface area (Å²) in [6.07, 6.45) is 1.56. The number of halogens is 1. The van der Waals surface area contributed by atoms with Crippen LogP contribution in [0.1, 0.15) is 0 Å². The Morgan fingerprint density at radius 3 is 2.47 bits per heavy atom. The van der Waals surface area contributed by atoms with Crippen molar-refractivity contribution in [3.8, 4) is 11.3 Å². The van der Waals surface area contributed by atoms with Gasteiger partial charge in [0.1, 0.15) is 10.3 Å². The number of rotatable bonds is 2. The van der Waals surface area contributed by atoms with Crippen molar-refractivity contribution in [3.63, 3.8) is 0 Å². The normalized spacial score (nSPS) is 10.2. The largest absolute Gasteiger partial charge is 0.339 e. The molecule has 0 amide bonds. The highest BCUT2D eigenvalue weighted by Crippen LogP contribution is 2.25. The minimum absolute atomic E-state index is 0.0745. The first-order valence-electron chi connectivity index (χ1n) is 4.12. The smallest absolute Gasteiger partial charge is 0.269 e. The van der Waals surface area contributed by atoms with E-state index in [-0.39, 0.29) is 5.69 Å². The molecule has 0 unspecified atom stereocenters. The number of nitro benzene ring substituents is 1. The van der Waals surface area contributed by atoms with Crippen molar-refractivity contribution in [1.29, 1.82) is 0 Å². The fourth-order valence-corrected chi connectivity index (χ4v) is 1.65. The minimum atomic E-state index is -0.427. The molecule has 0 saturated carbocycles. The van der Waals surface area contributed by atoms with Crippen molar-refractivity contribution in [3.05, 3.63) is 45.3 Å². The second kappa shape index (κ2) is 3.82. The third-order valence-electron chi connectivity index (χ3n) is 1.94. The number of aromatic nitrogens is 2. The van der Waals surface area contributed by atoms with Gasteiger partial charge in [-0.15, -0.1) is 0 Å². The van der Waals surface area contributed by atoms with Crippen LogP contribution in [0.4, 0.5) is 5.69 Å². The van der Waals surface area contributed by atoms with Gasteiger partial charge in [0.2, 0.25) is 0 Å². The molecule has 0 atom stereocenters. The Balaban J connectivity index is 2.40. The van der Waals surface area contributed by atoms with Gasteiger partial charge in [0.25, 0.3) is 5.69 Å². The second-order valence-electron chi connectivity index (χ2n) is 2.87. The second-order valence-corrected chi connectivity index (χ2v) is 3.66. The molecule has 6 heteroatoms. The third-order valence-corrected chi connectivity index (χ3v) is 2.55. The molecule has 15 heavy (non-hydrogen) atoms. The number of benzene rings is 1. The van der Waals surface area contributed by atoms with Crippen LogP contribution in [0, 0.1) is 10.1 Å². The van der Waals surface area contributed by atoms with E-state index in [1.165, 1.54) is 12.1 Å². The zero-order valence-corrected chi connectivity index (χ0v) is 9.06. The van der Waals surface area contributed by atoms with Gasteiger partial charge in [0.05, 0.1) is 11.3 Å². The molecule has 1 aromatic carbocycles. The molecular formula is C9H6BrN3O2. The number of nitro groups is 1. The highest BCUT2D eigenvalue weighted by molar-refractivity contribution is 9.10. The Kier molecular flexibility index (Phi) is 2.51. The number of hydrogen-bond donors (Lipinski definition) is 1. The van der Waals surface area contributed by atoms with Crippen LogP contribution in [0.15, 0.2) is 35.2 Å². The predicted octanol–water partition coefficient (Wildman–Crippen LogP) is 2.75. The molecule has 0 aliphatic heterocycles. The number of imidazole rings is 1. The summed E-state index contributed by atoms with van der Waals surface area (Å²) in [6.45, 7) is 0. The minimum Gasteiger partial charge on any atom is -0.339 e. The summed E-state index contributed by atoms with van der Waals surface area (Å²) in [6, 6.07) is 6.24. The summed E-state index contributed by atoms with van der Waals surface area (Å²) in [5.41, 5.74) is 1.64. The van der Waals surface area contributed by atoms with Crippen LogP contribution in [0.2, 0.25) is 0 Å². The van der Waals surface area contributed by atoms with Gasteiger partial charge in [-0.2, -0.15) is 0 Å². The first kappa shape index (κ1) is 9.85. The molecule has 2 aromatic rings. The van der Waals surface area contributed by atoms with Crippen LogP contribution >= 0.6 is 15.9 Å². The first-order valence-corrected chi connectivity index (χ1v) is 4.91. The third kappa shape index (κ3) is 1.89. The maximum Gasteiger partial charge on any atom is 0.269 e. The van der Waals surface area contributed by atoms with Crippen LogP contribution < -0.4 is 0 Å². The van der Waals surface area contributed by atoms with Crippen molar-refractivity contribution in [2.75, 3.05) is 0 Å². The Bertz CT molecular complexity index is 492. The zero-order chi connectivity index (χ0) is 10.8. The van der Waals surface area contributed by atoms with Crippen molar-refractivity contribution in [1.82, 2.24) is 9.97 Å². The fraction of sp³-hybridized carbons (Fsp3) is 0. The van der Waals surface area contributed by atoms with Gasteiger partial charge in [0, 0.05) is 17.7 Å². The monoisotopic (exact) mass is 267 g/mol. The number of hydrogen-bond acceptors (Lipinski definition) is 3. The van der Waals surface area contributed by atoms with E-state index in [4.69, 9.17) is 0 Å². The molecule has 0 aliphatic carbocycles. The Labute approximate surface area is 93.4 Å². The van der Waals surface area contributed by atoms with Gasteiger partial charge in [-0.25, -0.2) is 4.98 Å². The Morgan fingerprint density at radius 1 is 1.33 bits per heavy atom. The number of H-pyrrole nitrogens is 1. The number of nitrogens with zero attached hydrogens (tertiary/aromatic N) is 2. The molecule has 2 rings (SSSR count). The van der Waals surface area contributed by atoms with Crippen LogP contribution in [0.3, 0.4) is 0 Å². The maximum atomic E-state index is 10.4. The van der Waals surface area contributed by atoms with Gasteiger partial charge >= 0.3 is 0 Å². The van der Waals surface area contributed by atoms with E-state index in [0.717, 1.165) is 15.9 Å². The lowest BCUT2D eigenvalue weighted by Crippen LogP contribution is -1.87. The van der Waals surface area contributed by atoms with Gasteiger partial charge < -0.3 is 4.98 Å². The van der Waals surface area contributed by atoms with Crippen molar-refractivity contribution >= 4 is 21.6 Å². The van der Waals surface area contributed by atoms with E-state index in [1.54, 1.807) is 18.5 Å². The van der Waals surface area contributed by atoms with Gasteiger partial charge in [0.15, 0.2) is 0 Å². The lowest BCUT2D eigenvalue weighted by Gasteiger charge is -1.97. The van der Waals surface area contributed by atoms with E-state index < -0.39 is 4.92 Å². The highest BCUT2D eigenvalue weighted by atomic mass is 79.9. The number of non-ortho nitro benzene ring substituents is 1. The SMILES string of the molecule is O=[N+]([O-])c1ccc(-c2nc[nH]c2Br)cc1. The van der Waals surface area contributed by atoms with Crippen LogP contribution in [0.25, 0.3) is 11.3 Å². The molecule has 5 nitrogen and oxygen atoms in total. The topological polar surface area (TPSA) is 71.8 Å². The summed E-state index contributed by atoms with van der Waals surface area (Å²) in [7, 11) is 0. The number of aromatic amines is 1. The van der Waals surface area contributed by atoms with Crippen molar-refractivity contribution < 1.29 is 4.92 Å². The lowest BCUT2D eigenvalue weighted by atomic mass is 10.1. The zero-order valence-electron chi connectivity index (χ0n) is 7.48. The summed E-state index contributed by atoms with van der Waals surface area (Å²) >= 11 is 3.30. The van der Waals surface area contributed by atoms with Crippen LogP contribution in [-0.2, 0) is 0 Å². The molecule has 0 fully saturated rings. The molecule has 1 N–H and O–H groups in total. The molecule has 0 bridgehead atoms. The summed E-state index contributed by atoms with van der Waals surface area (Å²) in [5.74, 6) is 0. The standard InChI is InChI=1S/C9H6BrN3O2/c10-9-8(11-5-12-9)6-1-3-7(4-2-6)13(14)15/h1-5H,(H,11,12). The average Bonchev–Trinajstić information content (AvgIpc) is 2.65. The van der Waals surface area contributed by atoms with E-state index in [9.17, 15) is 10.1 Å². The molecule has 0 spiro atoms. The summed E-state index contributed by atoms with van der Waals surface area (Å²) < 4.78 is 0.761. The average molecular weight is 268 g/mol. The van der Waals surface area contributed by atoms with E-state index in [1.807, 2.05) is 0 Å². The lowest BCUT2D eigenvalue weighted by molar-refractivity contribution is -0.384. The van der Waals surface area contributed by atoms with Crippen molar-refractivity contribution in [2.45, 2.75) is 0 Å². The molecule has 0 radical (unpaired) electrons. The molecular weight excluding hydrogens is 262 g/mol. The molecule has 1 heterocycles. The van der Waals surface area contributed by atoms with E-state index >= 15 is 0 Å². The van der Waals surface area contributed by atoms with Crippen LogP contribution in [-0.4, -0.2) is 14.9 Å². The van der Waals surface area contributed by atoms with Gasteiger partial charge in [-0.05, 0) is 28.1 Å². The number of nitrogens with one attached hydrogen (secondary N) is 1. The van der Waals surface area contributed by atoms with Gasteiger partial charge in [-0.1, -0.05) is 0 Å². The summed E-state index contributed by atoms with van der Waals surface area (Å²) in [4.78, 5) is 17.0. The van der Waals surface area contributed by atoms with E-state index in [0.29, 0.717) is 0 Å². The molecule has 76 valence electrons. The van der Waals surface area contributed by atoms with Crippen molar-refractivity contribution in [2.24, 2.45) is 0 Å². The summed E-state index contributed by atoms with van der Waals surface area (Å²) in [5, 5.41) is 10.4. The fourth-order valence-electron chi connectivity index (χ4n) is 1.22. The maximum absolute atomic E-state index is 10.4. The Hall–Kier alpha value is -1.69. The van der Waals surface area contributed by atoms with E-state index in [2.05, 4.69) is 25.9 Å². The molecule has 1 aromatic heterocycles. The highest BCUT2D eigenvalue weighted by Gasteiger charge is 2.08. The molecule has 0 aliphatic rings. The Morgan fingerprint density at radius 2 is 2.00 bits per heavy atom. The first-order chi connectivity index (χ1) is 7.18. The van der Waals surface area contributed by atoms with Gasteiger partial charge in [-0.3, -0.25) is 10.1 Å². The quantitative estimate of drug-likeness (QED) is 0.672.